The summed E-state index contributed by atoms with van der Waals surface area (Å²) in [5.41, 5.74) is -0.0603. The Bertz CT molecular complexity index is 2120. The van der Waals surface area contributed by atoms with Crippen molar-refractivity contribution in [3.8, 4) is 23.0 Å². The largest absolute Gasteiger partial charge is 0.482 e. The number of esters is 4. The molecule has 8 fully saturated rings. The Kier molecular flexibility index (Phi) is 11.5. The van der Waals surface area contributed by atoms with Gasteiger partial charge in [0.1, 0.15) is 34.2 Å². The van der Waals surface area contributed by atoms with Crippen LogP contribution in [-0.2, 0) is 19.1 Å². The third-order valence-electron chi connectivity index (χ3n) is 15.3. The van der Waals surface area contributed by atoms with Crippen molar-refractivity contribution >= 4 is 23.9 Å². The molecular formula is C52H54IO10+. The van der Waals surface area contributed by atoms with Crippen LogP contribution in [-0.4, -0.2) is 48.3 Å². The molecule has 10 nitrogen and oxygen atoms in total. The molecule has 0 saturated heterocycles. The monoisotopic (exact) mass is 965 g/mol. The summed E-state index contributed by atoms with van der Waals surface area (Å²) in [7, 11) is 0. The molecule has 328 valence electrons. The van der Waals surface area contributed by atoms with Crippen LogP contribution in [0.2, 0.25) is 0 Å². The zero-order valence-electron chi connectivity index (χ0n) is 35.8. The molecule has 4 aromatic rings. The molecule has 8 bridgehead atoms. The van der Waals surface area contributed by atoms with Gasteiger partial charge < -0.3 is 28.4 Å². The molecule has 11 heteroatoms. The average molecular weight is 966 g/mol. The lowest BCUT2D eigenvalue weighted by Crippen LogP contribution is -3.61. The molecule has 0 atom stereocenters. The fourth-order valence-corrected chi connectivity index (χ4v) is 14.5. The fraction of sp³-hybridized carbons (Fsp3) is 0.462. The standard InChI is InChI=1S/C52H54IO10/c1-51(37-21-31-19-32(23-37)24-38(51)22-31)62-47(54)29-58-43-11-3-35(4-12-43)49(56)60-45-15-7-41(8-16-45)53-42-9-17-46(18-10-42)61-50(57)36-5-13-44(14-6-36)59-30-48(55)63-52(2)39-25-33-20-34(27-39)28-40(52)26-33/h3-18,31-34,37-40H,19-30H2,1-2H3/q+1. The van der Waals surface area contributed by atoms with Crippen LogP contribution < -0.4 is 40.2 Å². The predicted octanol–water partition coefficient (Wildman–Crippen LogP) is 6.53. The van der Waals surface area contributed by atoms with E-state index in [0.717, 1.165) is 82.2 Å². The Morgan fingerprint density at radius 1 is 0.444 bits per heavy atom. The van der Waals surface area contributed by atoms with E-state index in [9.17, 15) is 19.2 Å². The molecule has 63 heavy (non-hydrogen) atoms. The molecule has 8 saturated carbocycles. The first-order valence-electron chi connectivity index (χ1n) is 22.6. The number of hydrogen-bond acceptors (Lipinski definition) is 10. The minimum atomic E-state index is -0.551. The van der Waals surface area contributed by atoms with Gasteiger partial charge in [-0.25, -0.2) is 19.2 Å². The summed E-state index contributed by atoms with van der Waals surface area (Å²) in [6.07, 6.45) is 12.0. The van der Waals surface area contributed by atoms with E-state index in [1.807, 2.05) is 24.3 Å². The number of carbonyl (C=O) groups excluding carboxylic acids is 4. The first-order valence-corrected chi connectivity index (χ1v) is 24.8. The summed E-state index contributed by atoms with van der Waals surface area (Å²) < 4.78 is 37.2. The van der Waals surface area contributed by atoms with E-state index in [1.165, 1.54) is 12.8 Å². The Labute approximate surface area is 378 Å². The highest BCUT2D eigenvalue weighted by Gasteiger charge is 2.58. The van der Waals surface area contributed by atoms with Crippen LogP contribution in [0.1, 0.15) is 98.8 Å². The van der Waals surface area contributed by atoms with Gasteiger partial charge in [0.2, 0.25) is 0 Å². The minimum absolute atomic E-state index is 0.173. The van der Waals surface area contributed by atoms with Gasteiger partial charge in [-0.05, 0) is 222 Å². The summed E-state index contributed by atoms with van der Waals surface area (Å²) in [5.74, 6) is 5.12. The molecular weight excluding hydrogens is 911 g/mol. The van der Waals surface area contributed by atoms with Crippen molar-refractivity contribution in [2.45, 2.75) is 89.3 Å². The van der Waals surface area contributed by atoms with Crippen molar-refractivity contribution in [3.05, 3.63) is 115 Å². The highest BCUT2D eigenvalue weighted by Crippen LogP contribution is 2.60. The first-order chi connectivity index (χ1) is 30.4. The first kappa shape index (κ1) is 42.1. The van der Waals surface area contributed by atoms with E-state index < -0.39 is 44.3 Å². The van der Waals surface area contributed by atoms with Crippen LogP contribution in [0.25, 0.3) is 0 Å². The number of halogens is 1. The van der Waals surface area contributed by atoms with Gasteiger partial charge >= 0.3 is 45.1 Å². The Morgan fingerprint density at radius 2 is 0.746 bits per heavy atom. The number of benzene rings is 4. The highest BCUT2D eigenvalue weighted by molar-refractivity contribution is 5.91. The molecule has 8 aliphatic rings. The molecule has 0 spiro atoms. The molecule has 8 aliphatic carbocycles. The Morgan fingerprint density at radius 3 is 1.06 bits per heavy atom. The van der Waals surface area contributed by atoms with Crippen molar-refractivity contribution in [2.24, 2.45) is 47.3 Å². The molecule has 0 heterocycles. The van der Waals surface area contributed by atoms with Crippen LogP contribution in [0.5, 0.6) is 23.0 Å². The normalized spacial score (nSPS) is 30.6. The lowest BCUT2D eigenvalue weighted by molar-refractivity contribution is -0.597. The Balaban J connectivity index is 0.642. The summed E-state index contributed by atoms with van der Waals surface area (Å²) in [6, 6.07) is 28.0. The maximum absolute atomic E-state index is 12.9. The van der Waals surface area contributed by atoms with Crippen molar-refractivity contribution in [1.82, 2.24) is 0 Å². The second kappa shape index (κ2) is 17.2. The van der Waals surface area contributed by atoms with Crippen molar-refractivity contribution in [2.75, 3.05) is 13.2 Å². The topological polar surface area (TPSA) is 124 Å². The second-order valence-electron chi connectivity index (χ2n) is 19.3. The average Bonchev–Trinajstić information content (AvgIpc) is 3.27. The van der Waals surface area contributed by atoms with E-state index >= 15 is 0 Å². The van der Waals surface area contributed by atoms with Gasteiger partial charge in [0.15, 0.2) is 20.4 Å². The van der Waals surface area contributed by atoms with Crippen molar-refractivity contribution in [1.29, 1.82) is 0 Å². The van der Waals surface area contributed by atoms with E-state index in [-0.39, 0.29) is 25.2 Å². The molecule has 0 aliphatic heterocycles. The zero-order chi connectivity index (χ0) is 43.3. The third kappa shape index (κ3) is 8.96. The summed E-state index contributed by atoms with van der Waals surface area (Å²) in [5, 5.41) is 0. The second-order valence-corrected chi connectivity index (χ2v) is 22.4. The number of ether oxygens (including phenoxy) is 6. The molecule has 0 unspecified atom stereocenters. The number of carbonyl (C=O) groups is 4. The quantitative estimate of drug-likeness (QED) is 0.0784. The van der Waals surface area contributed by atoms with Gasteiger partial charge in [0.25, 0.3) is 0 Å². The molecule has 0 N–H and O–H groups in total. The van der Waals surface area contributed by atoms with E-state index in [0.29, 0.717) is 57.8 Å². The summed E-state index contributed by atoms with van der Waals surface area (Å²) in [4.78, 5) is 51.6. The van der Waals surface area contributed by atoms with E-state index in [1.54, 1.807) is 72.8 Å². The zero-order valence-corrected chi connectivity index (χ0v) is 38.0. The molecule has 0 radical (unpaired) electrons. The van der Waals surface area contributed by atoms with Gasteiger partial charge in [-0.2, -0.15) is 0 Å². The smallest absolute Gasteiger partial charge is 0.357 e. The molecule has 4 aromatic carbocycles. The fourth-order valence-electron chi connectivity index (χ4n) is 12.4. The lowest BCUT2D eigenvalue weighted by atomic mass is 9.50. The van der Waals surface area contributed by atoms with Crippen LogP contribution in [0.15, 0.2) is 97.1 Å². The van der Waals surface area contributed by atoms with Crippen LogP contribution in [0, 0.1) is 54.5 Å². The third-order valence-corrected chi connectivity index (χ3v) is 18.0. The van der Waals surface area contributed by atoms with E-state index in [4.69, 9.17) is 28.4 Å². The van der Waals surface area contributed by atoms with E-state index in [2.05, 4.69) is 13.8 Å². The SMILES string of the molecule is CC1(OC(=O)COc2ccc(C(=O)Oc3ccc([I+]c4ccc(OC(=O)c5ccc(OCC(=O)OC6(C)C7CC8CC(C7)CC6C8)cc5)cc4)cc3)cc2)C2CC3CC(C2)CC1C3. The minimum Gasteiger partial charge on any atom is -0.482 e. The molecule has 12 rings (SSSR count). The van der Waals surface area contributed by atoms with Crippen LogP contribution in [0.3, 0.4) is 0 Å². The number of rotatable bonds is 14. The van der Waals surface area contributed by atoms with Gasteiger partial charge in [-0.15, -0.1) is 0 Å². The lowest BCUT2D eigenvalue weighted by Gasteiger charge is -2.59. The Hall–Kier alpha value is -4.91. The molecule has 0 aromatic heterocycles. The van der Waals surface area contributed by atoms with Gasteiger partial charge in [0.05, 0.1) is 11.1 Å². The van der Waals surface area contributed by atoms with Gasteiger partial charge in [-0.3, -0.25) is 0 Å². The maximum atomic E-state index is 12.9. The maximum Gasteiger partial charge on any atom is 0.357 e. The van der Waals surface area contributed by atoms with Crippen molar-refractivity contribution < 1.29 is 68.8 Å². The predicted molar refractivity (Wildman–Crippen MR) is 227 cm³/mol. The van der Waals surface area contributed by atoms with Gasteiger partial charge in [-0.1, -0.05) is 0 Å². The van der Waals surface area contributed by atoms with Crippen LogP contribution in [0.4, 0.5) is 0 Å². The summed E-state index contributed by atoms with van der Waals surface area (Å²) in [6.45, 7) is 3.90. The molecule has 0 amide bonds. The number of hydrogen-bond donors (Lipinski definition) is 0. The summed E-state index contributed by atoms with van der Waals surface area (Å²) >= 11 is -0.551. The van der Waals surface area contributed by atoms with Crippen molar-refractivity contribution in [3.63, 3.8) is 0 Å². The highest BCUT2D eigenvalue weighted by atomic mass is 127. The van der Waals surface area contributed by atoms with Gasteiger partial charge in [0, 0.05) is 0 Å². The van der Waals surface area contributed by atoms with Crippen LogP contribution >= 0.6 is 0 Å².